The number of methoxy groups -OCH3 is 1. The molecule has 5 nitrogen and oxygen atoms in total. The maximum atomic E-state index is 11.8. The van der Waals surface area contributed by atoms with E-state index in [-0.39, 0.29) is 5.91 Å². The monoisotopic (exact) mass is 263 g/mol. The predicted octanol–water partition coefficient (Wildman–Crippen LogP) is 1.79. The summed E-state index contributed by atoms with van der Waals surface area (Å²) in [5.74, 6) is 1.18. The van der Waals surface area contributed by atoms with Gasteiger partial charge in [0.2, 0.25) is 5.01 Å². The molecule has 0 saturated heterocycles. The number of aromatic nitrogens is 2. The van der Waals surface area contributed by atoms with Crippen LogP contribution in [0, 0.1) is 6.92 Å². The Labute approximate surface area is 109 Å². The summed E-state index contributed by atoms with van der Waals surface area (Å²) in [5.41, 5.74) is 0.976. The minimum atomic E-state index is -0.205. The van der Waals surface area contributed by atoms with Gasteiger partial charge in [-0.25, -0.2) is 4.98 Å². The topological polar surface area (TPSA) is 64.1 Å². The van der Waals surface area contributed by atoms with Crippen LogP contribution in [-0.2, 0) is 6.54 Å². The van der Waals surface area contributed by atoms with E-state index in [4.69, 9.17) is 4.74 Å². The summed E-state index contributed by atoms with van der Waals surface area (Å²) in [5, 5.41) is 3.18. The van der Waals surface area contributed by atoms with Crippen LogP contribution in [0.25, 0.3) is 0 Å². The first kappa shape index (κ1) is 12.5. The molecule has 0 saturated carbocycles. The third kappa shape index (κ3) is 3.04. The summed E-state index contributed by atoms with van der Waals surface area (Å²) in [6.45, 7) is 2.20. The number of benzene rings is 1. The summed E-state index contributed by atoms with van der Waals surface area (Å²) in [6, 6.07) is 7.55. The number of carbonyl (C=O) groups excluding carboxylic acids is 1. The normalized spacial score (nSPS) is 10.1. The maximum absolute atomic E-state index is 11.8. The van der Waals surface area contributed by atoms with E-state index in [1.807, 2.05) is 24.3 Å². The van der Waals surface area contributed by atoms with Gasteiger partial charge < -0.3 is 10.1 Å². The molecular formula is C12H13N3O2S. The molecule has 94 valence electrons. The quantitative estimate of drug-likeness (QED) is 0.913. The number of hydrogen-bond acceptors (Lipinski definition) is 5. The van der Waals surface area contributed by atoms with E-state index in [1.54, 1.807) is 14.0 Å². The number of nitrogens with one attached hydrogen (secondary N) is 1. The van der Waals surface area contributed by atoms with Crippen molar-refractivity contribution in [2.75, 3.05) is 7.11 Å². The van der Waals surface area contributed by atoms with Gasteiger partial charge in [0.25, 0.3) is 5.91 Å². The Morgan fingerprint density at radius 2 is 2.33 bits per heavy atom. The van der Waals surface area contributed by atoms with E-state index in [0.717, 1.165) is 22.8 Å². The van der Waals surface area contributed by atoms with Crippen LogP contribution in [0.4, 0.5) is 0 Å². The highest BCUT2D eigenvalue weighted by Gasteiger charge is 2.10. The standard InChI is InChI=1S/C12H13N3O2S/c1-8-14-12(18-15-8)11(16)13-7-9-4-3-5-10(6-9)17-2/h3-6H,7H2,1-2H3,(H,13,16). The van der Waals surface area contributed by atoms with Crippen molar-refractivity contribution in [2.24, 2.45) is 0 Å². The first-order valence-electron chi connectivity index (χ1n) is 5.40. The van der Waals surface area contributed by atoms with Gasteiger partial charge in [-0.15, -0.1) is 0 Å². The van der Waals surface area contributed by atoms with Gasteiger partial charge in [-0.05, 0) is 36.2 Å². The summed E-state index contributed by atoms with van der Waals surface area (Å²) < 4.78 is 9.09. The highest BCUT2D eigenvalue weighted by atomic mass is 32.1. The van der Waals surface area contributed by atoms with Crippen LogP contribution in [0.1, 0.15) is 21.2 Å². The highest BCUT2D eigenvalue weighted by molar-refractivity contribution is 7.07. The van der Waals surface area contributed by atoms with Crippen molar-refractivity contribution in [3.8, 4) is 5.75 Å². The lowest BCUT2D eigenvalue weighted by Gasteiger charge is -2.05. The first-order valence-corrected chi connectivity index (χ1v) is 6.18. The van der Waals surface area contributed by atoms with Crippen molar-refractivity contribution in [1.29, 1.82) is 0 Å². The lowest BCUT2D eigenvalue weighted by atomic mass is 10.2. The first-order chi connectivity index (χ1) is 8.69. The summed E-state index contributed by atoms with van der Waals surface area (Å²) >= 11 is 1.10. The Morgan fingerprint density at radius 3 is 3.00 bits per heavy atom. The number of aryl methyl sites for hydroxylation is 1. The molecule has 6 heteroatoms. The zero-order valence-corrected chi connectivity index (χ0v) is 11.0. The number of carbonyl (C=O) groups is 1. The lowest BCUT2D eigenvalue weighted by molar-refractivity contribution is 0.0950. The number of nitrogens with zero attached hydrogens (tertiary/aromatic N) is 2. The fourth-order valence-electron chi connectivity index (χ4n) is 1.43. The van der Waals surface area contributed by atoms with Gasteiger partial charge in [0.15, 0.2) is 0 Å². The minimum absolute atomic E-state index is 0.205. The Hall–Kier alpha value is -1.95. The highest BCUT2D eigenvalue weighted by Crippen LogP contribution is 2.12. The lowest BCUT2D eigenvalue weighted by Crippen LogP contribution is -2.22. The largest absolute Gasteiger partial charge is 0.497 e. The van der Waals surface area contributed by atoms with Gasteiger partial charge >= 0.3 is 0 Å². The van der Waals surface area contributed by atoms with Crippen LogP contribution in [0.5, 0.6) is 5.75 Å². The molecule has 18 heavy (non-hydrogen) atoms. The molecule has 0 aliphatic carbocycles. The molecule has 2 aromatic rings. The Balaban J connectivity index is 1.97. The summed E-state index contributed by atoms with van der Waals surface area (Å²) in [4.78, 5) is 15.8. The molecule has 2 rings (SSSR count). The molecule has 1 heterocycles. The van der Waals surface area contributed by atoms with Crippen molar-refractivity contribution in [3.63, 3.8) is 0 Å². The van der Waals surface area contributed by atoms with Crippen LogP contribution < -0.4 is 10.1 Å². The zero-order chi connectivity index (χ0) is 13.0. The molecule has 0 aliphatic heterocycles. The Morgan fingerprint density at radius 1 is 1.50 bits per heavy atom. The fraction of sp³-hybridized carbons (Fsp3) is 0.250. The third-order valence-corrected chi connectivity index (χ3v) is 3.11. The molecule has 0 aliphatic rings. The van der Waals surface area contributed by atoms with Crippen molar-refractivity contribution >= 4 is 17.4 Å². The van der Waals surface area contributed by atoms with Crippen LogP contribution in [0.3, 0.4) is 0 Å². The molecule has 1 aromatic heterocycles. The van der Waals surface area contributed by atoms with Crippen LogP contribution in [0.2, 0.25) is 0 Å². The zero-order valence-electron chi connectivity index (χ0n) is 10.1. The third-order valence-electron chi connectivity index (χ3n) is 2.31. The van der Waals surface area contributed by atoms with Crippen molar-refractivity contribution < 1.29 is 9.53 Å². The Kier molecular flexibility index (Phi) is 3.88. The number of hydrogen-bond donors (Lipinski definition) is 1. The average molecular weight is 263 g/mol. The van der Waals surface area contributed by atoms with E-state index < -0.39 is 0 Å². The maximum Gasteiger partial charge on any atom is 0.282 e. The number of amides is 1. The average Bonchev–Trinajstić information content (AvgIpc) is 2.83. The van der Waals surface area contributed by atoms with Gasteiger partial charge in [-0.2, -0.15) is 4.37 Å². The summed E-state index contributed by atoms with van der Waals surface area (Å²) in [7, 11) is 1.61. The van der Waals surface area contributed by atoms with Gasteiger partial charge in [0.05, 0.1) is 7.11 Å². The van der Waals surface area contributed by atoms with E-state index >= 15 is 0 Å². The van der Waals surface area contributed by atoms with Gasteiger partial charge in [-0.3, -0.25) is 4.79 Å². The van der Waals surface area contributed by atoms with E-state index in [2.05, 4.69) is 14.7 Å². The summed E-state index contributed by atoms with van der Waals surface area (Å²) in [6.07, 6.45) is 0. The van der Waals surface area contributed by atoms with E-state index in [0.29, 0.717) is 17.4 Å². The van der Waals surface area contributed by atoms with Crippen LogP contribution in [0.15, 0.2) is 24.3 Å². The van der Waals surface area contributed by atoms with Gasteiger partial charge in [0.1, 0.15) is 11.6 Å². The molecule has 1 N–H and O–H groups in total. The Bertz CT molecular complexity index is 554. The van der Waals surface area contributed by atoms with E-state index in [1.165, 1.54) is 0 Å². The molecular weight excluding hydrogens is 250 g/mol. The predicted molar refractivity (Wildman–Crippen MR) is 68.8 cm³/mol. The molecule has 0 bridgehead atoms. The molecule has 1 aromatic carbocycles. The molecule has 0 atom stereocenters. The van der Waals surface area contributed by atoms with Crippen LogP contribution >= 0.6 is 11.5 Å². The molecule has 0 fully saturated rings. The molecule has 0 radical (unpaired) electrons. The van der Waals surface area contributed by atoms with Crippen molar-refractivity contribution in [3.05, 3.63) is 40.7 Å². The second-order valence-electron chi connectivity index (χ2n) is 3.68. The molecule has 1 amide bonds. The number of ether oxygens (including phenoxy) is 1. The molecule has 0 unspecified atom stereocenters. The van der Waals surface area contributed by atoms with Crippen molar-refractivity contribution in [2.45, 2.75) is 13.5 Å². The second kappa shape index (κ2) is 5.59. The number of rotatable bonds is 4. The van der Waals surface area contributed by atoms with E-state index in [9.17, 15) is 4.79 Å². The smallest absolute Gasteiger partial charge is 0.282 e. The SMILES string of the molecule is COc1cccc(CNC(=O)c2nc(C)ns2)c1. The minimum Gasteiger partial charge on any atom is -0.497 e. The van der Waals surface area contributed by atoms with Gasteiger partial charge in [0, 0.05) is 6.54 Å². The molecule has 0 spiro atoms. The van der Waals surface area contributed by atoms with Crippen molar-refractivity contribution in [1.82, 2.24) is 14.7 Å². The van der Waals surface area contributed by atoms with Gasteiger partial charge in [-0.1, -0.05) is 12.1 Å². The van der Waals surface area contributed by atoms with Crippen LogP contribution in [-0.4, -0.2) is 22.4 Å². The fourth-order valence-corrected chi connectivity index (χ4v) is 2.02. The second-order valence-corrected chi connectivity index (χ2v) is 4.43.